The molecule has 0 aromatic heterocycles. The Kier molecular flexibility index (Phi) is 3.07. The number of alkyl halides is 3. The van der Waals surface area contributed by atoms with Crippen molar-refractivity contribution in [2.45, 2.75) is 51.3 Å². The zero-order valence-corrected chi connectivity index (χ0v) is 10.8. The molecule has 1 aliphatic rings. The van der Waals surface area contributed by atoms with Crippen molar-refractivity contribution in [3.63, 3.8) is 0 Å². The molecule has 4 heteroatoms. The summed E-state index contributed by atoms with van der Waals surface area (Å²) in [5, 5.41) is 0. The molecule has 18 heavy (non-hydrogen) atoms. The largest absolute Gasteiger partial charge is 0.490 e. The summed E-state index contributed by atoms with van der Waals surface area (Å²) in [6.07, 6.45) is -2.14. The normalized spacial score (nSPS) is 16.8. The fraction of sp³-hybridized carbons (Fsp3) is 0.571. The molecule has 0 aliphatic heterocycles. The summed E-state index contributed by atoms with van der Waals surface area (Å²) >= 11 is 0. The van der Waals surface area contributed by atoms with Crippen molar-refractivity contribution in [3.8, 4) is 5.75 Å². The average molecular weight is 258 g/mol. The topological polar surface area (TPSA) is 9.23 Å². The van der Waals surface area contributed by atoms with Gasteiger partial charge in [0.15, 0.2) is 0 Å². The Balaban J connectivity index is 2.41. The third-order valence-electron chi connectivity index (χ3n) is 2.93. The van der Waals surface area contributed by atoms with Crippen LogP contribution in [0.1, 0.15) is 44.7 Å². The first kappa shape index (κ1) is 13.2. The number of benzene rings is 1. The molecular weight excluding hydrogens is 241 g/mol. The molecule has 0 amide bonds. The fourth-order valence-corrected chi connectivity index (χ4v) is 1.76. The number of rotatable bonds is 2. The fourth-order valence-electron chi connectivity index (χ4n) is 1.76. The number of hydrogen-bond acceptors (Lipinski definition) is 1. The molecule has 1 aromatic carbocycles. The van der Waals surface area contributed by atoms with Crippen molar-refractivity contribution < 1.29 is 17.9 Å². The monoisotopic (exact) mass is 258 g/mol. The molecule has 2 rings (SSSR count). The van der Waals surface area contributed by atoms with Gasteiger partial charge in [-0.05, 0) is 36.5 Å². The number of halogens is 3. The molecule has 0 spiro atoms. The van der Waals surface area contributed by atoms with Gasteiger partial charge in [0.2, 0.25) is 0 Å². The molecule has 1 aliphatic carbocycles. The van der Waals surface area contributed by atoms with Crippen LogP contribution >= 0.6 is 0 Å². The first-order chi connectivity index (χ1) is 8.18. The number of ether oxygens (including phenoxy) is 1. The van der Waals surface area contributed by atoms with Crippen molar-refractivity contribution >= 4 is 0 Å². The van der Waals surface area contributed by atoms with E-state index in [1.807, 2.05) is 20.8 Å². The molecule has 0 atom stereocenters. The van der Waals surface area contributed by atoms with Crippen molar-refractivity contribution in [1.29, 1.82) is 0 Å². The van der Waals surface area contributed by atoms with Gasteiger partial charge in [0, 0.05) is 5.56 Å². The lowest BCUT2D eigenvalue weighted by Gasteiger charge is -2.24. The summed E-state index contributed by atoms with van der Waals surface area (Å²) in [7, 11) is 0. The molecule has 0 bridgehead atoms. The van der Waals surface area contributed by atoms with Gasteiger partial charge in [-0.3, -0.25) is 0 Å². The summed E-state index contributed by atoms with van der Waals surface area (Å²) in [6.45, 7) is 5.67. The van der Waals surface area contributed by atoms with E-state index in [1.54, 1.807) is 0 Å². The van der Waals surface area contributed by atoms with Crippen molar-refractivity contribution in [3.05, 3.63) is 29.3 Å². The minimum atomic E-state index is -4.31. The van der Waals surface area contributed by atoms with E-state index in [9.17, 15) is 13.2 Å². The molecule has 1 saturated carbocycles. The molecule has 1 nitrogen and oxygen atoms in total. The van der Waals surface area contributed by atoms with Gasteiger partial charge in [-0.2, -0.15) is 13.2 Å². The smallest absolute Gasteiger partial charge is 0.416 e. The highest BCUT2D eigenvalue weighted by atomic mass is 19.4. The van der Waals surface area contributed by atoms with E-state index in [0.29, 0.717) is 11.3 Å². The van der Waals surface area contributed by atoms with E-state index >= 15 is 0 Å². The molecule has 0 unspecified atom stereocenters. The highest BCUT2D eigenvalue weighted by molar-refractivity contribution is 5.42. The third kappa shape index (κ3) is 2.98. The first-order valence-electron chi connectivity index (χ1n) is 6.06. The second kappa shape index (κ2) is 4.18. The van der Waals surface area contributed by atoms with Crippen LogP contribution in [-0.4, -0.2) is 6.10 Å². The predicted molar refractivity (Wildman–Crippen MR) is 63.8 cm³/mol. The molecule has 0 heterocycles. The van der Waals surface area contributed by atoms with Crippen LogP contribution in [0.4, 0.5) is 13.2 Å². The Morgan fingerprint density at radius 1 is 1.11 bits per heavy atom. The van der Waals surface area contributed by atoms with E-state index in [1.165, 1.54) is 12.1 Å². The molecule has 100 valence electrons. The quantitative estimate of drug-likeness (QED) is 0.756. The van der Waals surface area contributed by atoms with Gasteiger partial charge in [0.25, 0.3) is 0 Å². The SMILES string of the molecule is CC(C)(C)c1cc(C(F)(F)F)ccc1OC1CC1. The van der Waals surface area contributed by atoms with Gasteiger partial charge in [-0.15, -0.1) is 0 Å². The second-order valence-corrected chi connectivity index (χ2v) is 5.78. The third-order valence-corrected chi connectivity index (χ3v) is 2.93. The zero-order valence-electron chi connectivity index (χ0n) is 10.8. The highest BCUT2D eigenvalue weighted by Crippen LogP contribution is 2.39. The van der Waals surface area contributed by atoms with Gasteiger partial charge in [0.05, 0.1) is 11.7 Å². The van der Waals surface area contributed by atoms with Crippen LogP contribution in [0.25, 0.3) is 0 Å². The maximum absolute atomic E-state index is 12.7. The van der Waals surface area contributed by atoms with Crippen molar-refractivity contribution in [2.75, 3.05) is 0 Å². The highest BCUT2D eigenvalue weighted by Gasteiger charge is 2.34. The van der Waals surface area contributed by atoms with Gasteiger partial charge in [-0.25, -0.2) is 0 Å². The molecule has 1 aromatic rings. The summed E-state index contributed by atoms with van der Waals surface area (Å²) in [4.78, 5) is 0. The summed E-state index contributed by atoms with van der Waals surface area (Å²) < 4.78 is 43.8. The Bertz CT molecular complexity index is 439. The van der Waals surface area contributed by atoms with Crippen LogP contribution in [0, 0.1) is 0 Å². The van der Waals surface area contributed by atoms with E-state index in [0.717, 1.165) is 18.9 Å². The van der Waals surface area contributed by atoms with Crippen LogP contribution in [0.2, 0.25) is 0 Å². The van der Waals surface area contributed by atoms with E-state index < -0.39 is 11.7 Å². The molecular formula is C14H17F3O. The second-order valence-electron chi connectivity index (χ2n) is 5.78. The Morgan fingerprint density at radius 2 is 1.72 bits per heavy atom. The van der Waals surface area contributed by atoms with Gasteiger partial charge >= 0.3 is 6.18 Å². The van der Waals surface area contributed by atoms with Crippen molar-refractivity contribution in [2.24, 2.45) is 0 Å². The molecule has 0 radical (unpaired) electrons. The standard InChI is InChI=1S/C14H17F3O/c1-13(2,3)11-8-9(14(15,16)17)4-7-12(11)18-10-5-6-10/h4,7-8,10H,5-6H2,1-3H3. The zero-order chi connectivity index (χ0) is 13.6. The maximum Gasteiger partial charge on any atom is 0.416 e. The molecule has 0 N–H and O–H groups in total. The lowest BCUT2D eigenvalue weighted by atomic mass is 9.85. The Morgan fingerprint density at radius 3 is 2.17 bits per heavy atom. The van der Waals surface area contributed by atoms with Gasteiger partial charge in [-0.1, -0.05) is 20.8 Å². The van der Waals surface area contributed by atoms with Gasteiger partial charge in [0.1, 0.15) is 5.75 Å². The minimum absolute atomic E-state index is 0.183. The summed E-state index contributed by atoms with van der Waals surface area (Å²) in [5.41, 5.74) is -0.370. The van der Waals surface area contributed by atoms with Crippen LogP contribution in [-0.2, 0) is 11.6 Å². The van der Waals surface area contributed by atoms with Crippen LogP contribution < -0.4 is 4.74 Å². The lowest BCUT2D eigenvalue weighted by molar-refractivity contribution is -0.137. The van der Waals surface area contributed by atoms with Crippen LogP contribution in [0.5, 0.6) is 5.75 Å². The lowest BCUT2D eigenvalue weighted by Crippen LogP contribution is -2.16. The predicted octanol–water partition coefficient (Wildman–Crippen LogP) is 4.54. The van der Waals surface area contributed by atoms with E-state index in [4.69, 9.17) is 4.74 Å². The maximum atomic E-state index is 12.7. The van der Waals surface area contributed by atoms with Crippen molar-refractivity contribution in [1.82, 2.24) is 0 Å². The number of hydrogen-bond donors (Lipinski definition) is 0. The minimum Gasteiger partial charge on any atom is -0.490 e. The summed E-state index contributed by atoms with van der Waals surface area (Å²) in [6, 6.07) is 3.74. The molecule has 0 saturated heterocycles. The Labute approximate surface area is 105 Å². The van der Waals surface area contributed by atoms with E-state index in [-0.39, 0.29) is 11.5 Å². The van der Waals surface area contributed by atoms with Gasteiger partial charge < -0.3 is 4.74 Å². The summed E-state index contributed by atoms with van der Waals surface area (Å²) in [5.74, 6) is 0.581. The Hall–Kier alpha value is -1.19. The first-order valence-corrected chi connectivity index (χ1v) is 6.06. The average Bonchev–Trinajstić information content (AvgIpc) is 2.98. The van der Waals surface area contributed by atoms with E-state index in [2.05, 4.69) is 0 Å². The van der Waals surface area contributed by atoms with Crippen LogP contribution in [0.15, 0.2) is 18.2 Å². The van der Waals surface area contributed by atoms with Crippen LogP contribution in [0.3, 0.4) is 0 Å². The molecule has 1 fully saturated rings.